The summed E-state index contributed by atoms with van der Waals surface area (Å²) in [6, 6.07) is 6.89. The molecule has 0 unspecified atom stereocenters. The van der Waals surface area contributed by atoms with Crippen LogP contribution in [-0.2, 0) is 10.0 Å². The number of para-hydroxylation sites is 1. The number of nitrogens with one attached hydrogen (secondary N) is 3. The summed E-state index contributed by atoms with van der Waals surface area (Å²) in [6.07, 6.45) is 0. The van der Waals surface area contributed by atoms with Gasteiger partial charge < -0.3 is 10.6 Å². The van der Waals surface area contributed by atoms with Gasteiger partial charge in [0.25, 0.3) is 0 Å². The van der Waals surface area contributed by atoms with Crippen LogP contribution in [0.2, 0.25) is 0 Å². The molecule has 0 heterocycles. The van der Waals surface area contributed by atoms with Crippen molar-refractivity contribution in [1.82, 2.24) is 10.0 Å². The summed E-state index contributed by atoms with van der Waals surface area (Å²) >= 11 is 0. The molecule has 0 bridgehead atoms. The molecule has 5 nitrogen and oxygen atoms in total. The number of sulfonamides is 1. The maximum absolute atomic E-state index is 11.9. The van der Waals surface area contributed by atoms with Crippen LogP contribution >= 0.6 is 0 Å². The van der Waals surface area contributed by atoms with Crippen molar-refractivity contribution >= 4 is 15.7 Å². The topological polar surface area (TPSA) is 70.2 Å². The molecule has 0 atom stereocenters. The van der Waals surface area contributed by atoms with Crippen molar-refractivity contribution in [2.24, 2.45) is 0 Å². The molecular weight excluding hydrogens is 238 g/mol. The molecule has 3 N–H and O–H groups in total. The van der Waals surface area contributed by atoms with Gasteiger partial charge in [-0.3, -0.25) is 0 Å². The van der Waals surface area contributed by atoms with Crippen molar-refractivity contribution < 1.29 is 8.42 Å². The predicted molar refractivity (Wildman–Crippen MR) is 69.7 cm³/mol. The first kappa shape index (κ1) is 14.0. The van der Waals surface area contributed by atoms with E-state index >= 15 is 0 Å². The maximum Gasteiger partial charge on any atom is 0.242 e. The summed E-state index contributed by atoms with van der Waals surface area (Å²) in [5, 5.41) is 6.09. The molecule has 0 aliphatic carbocycles. The molecule has 0 radical (unpaired) electrons. The second kappa shape index (κ2) is 6.58. The Balaban J connectivity index is 2.91. The number of hydrogen-bond acceptors (Lipinski definition) is 4. The van der Waals surface area contributed by atoms with Crippen LogP contribution in [0.3, 0.4) is 0 Å². The zero-order valence-corrected chi connectivity index (χ0v) is 11.0. The Bertz CT molecular complexity index is 446. The maximum atomic E-state index is 11.9. The van der Waals surface area contributed by atoms with E-state index in [-0.39, 0.29) is 4.90 Å². The summed E-state index contributed by atoms with van der Waals surface area (Å²) in [6.45, 7) is 3.59. The highest BCUT2D eigenvalue weighted by atomic mass is 32.2. The highest BCUT2D eigenvalue weighted by molar-refractivity contribution is 7.89. The van der Waals surface area contributed by atoms with E-state index in [1.54, 1.807) is 25.1 Å². The molecule has 0 amide bonds. The van der Waals surface area contributed by atoms with Crippen LogP contribution in [0, 0.1) is 0 Å². The highest BCUT2D eigenvalue weighted by Crippen LogP contribution is 2.19. The highest BCUT2D eigenvalue weighted by Gasteiger charge is 2.16. The molecular formula is C11H19N3O2S. The summed E-state index contributed by atoms with van der Waals surface area (Å²) in [5.41, 5.74) is 0.628. The van der Waals surface area contributed by atoms with Gasteiger partial charge in [0.2, 0.25) is 10.0 Å². The summed E-state index contributed by atoms with van der Waals surface area (Å²) < 4.78 is 26.3. The first-order valence-electron chi connectivity index (χ1n) is 5.59. The third kappa shape index (κ3) is 3.99. The number of anilines is 1. The van der Waals surface area contributed by atoms with Gasteiger partial charge in [-0.25, -0.2) is 13.1 Å². The third-order valence-corrected chi connectivity index (χ3v) is 3.81. The summed E-state index contributed by atoms with van der Waals surface area (Å²) in [7, 11) is -1.56. The van der Waals surface area contributed by atoms with E-state index in [1.165, 1.54) is 0 Å². The lowest BCUT2D eigenvalue weighted by Gasteiger charge is -2.12. The largest absolute Gasteiger partial charge is 0.383 e. The van der Waals surface area contributed by atoms with Gasteiger partial charge in [0, 0.05) is 19.6 Å². The normalized spacial score (nSPS) is 11.4. The van der Waals surface area contributed by atoms with Crippen LogP contribution in [0.4, 0.5) is 5.69 Å². The summed E-state index contributed by atoms with van der Waals surface area (Å²) in [4.78, 5) is 0.290. The monoisotopic (exact) mass is 257 g/mol. The molecule has 1 aromatic carbocycles. The first-order chi connectivity index (χ1) is 8.11. The van der Waals surface area contributed by atoms with Crippen molar-refractivity contribution in [2.45, 2.75) is 11.8 Å². The Labute approximate surface area is 103 Å². The van der Waals surface area contributed by atoms with Gasteiger partial charge in [0.05, 0.1) is 5.69 Å². The van der Waals surface area contributed by atoms with Crippen LogP contribution in [0.25, 0.3) is 0 Å². The second-order valence-corrected chi connectivity index (χ2v) is 5.26. The van der Waals surface area contributed by atoms with Gasteiger partial charge in [-0.2, -0.15) is 0 Å². The Morgan fingerprint density at radius 2 is 1.88 bits per heavy atom. The predicted octanol–water partition coefficient (Wildman–Crippen LogP) is 0.616. The van der Waals surface area contributed by atoms with Crippen molar-refractivity contribution in [3.05, 3.63) is 24.3 Å². The van der Waals surface area contributed by atoms with Crippen LogP contribution in [0.1, 0.15) is 6.92 Å². The SMILES string of the molecule is CCNS(=O)(=O)c1ccccc1NCCNC. The minimum atomic E-state index is -3.41. The molecule has 0 aliphatic heterocycles. The molecule has 96 valence electrons. The van der Waals surface area contributed by atoms with E-state index in [1.807, 2.05) is 13.1 Å². The second-order valence-electron chi connectivity index (χ2n) is 3.53. The van der Waals surface area contributed by atoms with Crippen molar-refractivity contribution in [1.29, 1.82) is 0 Å². The molecule has 0 fully saturated rings. The lowest BCUT2D eigenvalue weighted by Crippen LogP contribution is -2.25. The Morgan fingerprint density at radius 3 is 2.53 bits per heavy atom. The van der Waals surface area contributed by atoms with Crippen molar-refractivity contribution in [3.63, 3.8) is 0 Å². The first-order valence-corrected chi connectivity index (χ1v) is 7.07. The molecule has 0 spiro atoms. The smallest absolute Gasteiger partial charge is 0.242 e. The van der Waals surface area contributed by atoms with Gasteiger partial charge in [-0.05, 0) is 19.2 Å². The lowest BCUT2D eigenvalue weighted by atomic mass is 10.3. The zero-order chi connectivity index (χ0) is 12.7. The van der Waals surface area contributed by atoms with E-state index in [0.717, 1.165) is 6.54 Å². The number of likely N-dealkylation sites (N-methyl/N-ethyl adjacent to an activating group) is 1. The zero-order valence-electron chi connectivity index (χ0n) is 10.2. The van der Waals surface area contributed by atoms with Crippen molar-refractivity contribution in [2.75, 3.05) is 32.0 Å². The molecule has 0 aliphatic rings. The lowest BCUT2D eigenvalue weighted by molar-refractivity contribution is 0.584. The fraction of sp³-hybridized carbons (Fsp3) is 0.455. The fourth-order valence-corrected chi connectivity index (χ4v) is 2.66. The quantitative estimate of drug-likeness (QED) is 0.626. The molecule has 0 aromatic heterocycles. The van der Waals surface area contributed by atoms with Crippen LogP contribution in [0.5, 0.6) is 0 Å². The van der Waals surface area contributed by atoms with Gasteiger partial charge in [0.1, 0.15) is 4.90 Å². The van der Waals surface area contributed by atoms with E-state index in [9.17, 15) is 8.42 Å². The number of hydrogen-bond donors (Lipinski definition) is 3. The number of benzene rings is 1. The average Bonchev–Trinajstić information content (AvgIpc) is 2.30. The molecule has 0 saturated carbocycles. The van der Waals surface area contributed by atoms with E-state index < -0.39 is 10.0 Å². The Morgan fingerprint density at radius 1 is 1.18 bits per heavy atom. The molecule has 1 rings (SSSR count). The van der Waals surface area contributed by atoms with Gasteiger partial charge in [0.15, 0.2) is 0 Å². The minimum absolute atomic E-state index is 0.290. The van der Waals surface area contributed by atoms with Crippen LogP contribution in [0.15, 0.2) is 29.2 Å². The number of rotatable bonds is 7. The van der Waals surface area contributed by atoms with Gasteiger partial charge in [-0.1, -0.05) is 19.1 Å². The van der Waals surface area contributed by atoms with Gasteiger partial charge >= 0.3 is 0 Å². The Hall–Kier alpha value is -1.11. The summed E-state index contributed by atoms with van der Waals surface area (Å²) in [5.74, 6) is 0. The molecule has 1 aromatic rings. The van der Waals surface area contributed by atoms with E-state index in [2.05, 4.69) is 15.4 Å². The third-order valence-electron chi connectivity index (χ3n) is 2.20. The molecule has 17 heavy (non-hydrogen) atoms. The molecule has 0 saturated heterocycles. The fourth-order valence-electron chi connectivity index (χ4n) is 1.44. The molecule has 6 heteroatoms. The Kier molecular flexibility index (Phi) is 5.40. The average molecular weight is 257 g/mol. The van der Waals surface area contributed by atoms with E-state index in [4.69, 9.17) is 0 Å². The van der Waals surface area contributed by atoms with Crippen LogP contribution < -0.4 is 15.4 Å². The van der Waals surface area contributed by atoms with Gasteiger partial charge in [-0.15, -0.1) is 0 Å². The van der Waals surface area contributed by atoms with Crippen molar-refractivity contribution in [3.8, 4) is 0 Å². The minimum Gasteiger partial charge on any atom is -0.383 e. The standard InChI is InChI=1S/C11H19N3O2S/c1-3-14-17(15,16)11-7-5-4-6-10(11)13-9-8-12-2/h4-7,12-14H,3,8-9H2,1-2H3. The van der Waals surface area contributed by atoms with E-state index in [0.29, 0.717) is 18.8 Å². The van der Waals surface area contributed by atoms with Crippen LogP contribution in [-0.4, -0.2) is 35.1 Å².